The van der Waals surface area contributed by atoms with Crippen molar-refractivity contribution < 1.29 is 9.53 Å². The number of nitrogens with zero attached hydrogens (tertiary/aromatic N) is 3. The maximum absolute atomic E-state index is 12.2. The number of carbonyl (C=O) groups excluding carboxylic acids is 1. The van der Waals surface area contributed by atoms with Crippen molar-refractivity contribution in [1.82, 2.24) is 15.3 Å². The molecular formula is C15H20N4O2S. The van der Waals surface area contributed by atoms with E-state index in [0.29, 0.717) is 13.2 Å². The van der Waals surface area contributed by atoms with Crippen molar-refractivity contribution in [1.29, 1.82) is 0 Å². The highest BCUT2D eigenvalue weighted by Gasteiger charge is 2.27. The third-order valence-corrected chi connectivity index (χ3v) is 4.86. The molecule has 1 fully saturated rings. The van der Waals surface area contributed by atoms with E-state index < -0.39 is 0 Å². The lowest BCUT2D eigenvalue weighted by Crippen LogP contribution is -2.43. The number of nitrogens with one attached hydrogen (secondary N) is 1. The molecule has 2 aromatic heterocycles. The molecule has 2 aromatic rings. The Morgan fingerprint density at radius 3 is 3.32 bits per heavy atom. The third-order valence-electron chi connectivity index (χ3n) is 3.82. The summed E-state index contributed by atoms with van der Waals surface area (Å²) in [6, 6.07) is 3.87. The van der Waals surface area contributed by atoms with Crippen LogP contribution in [0.15, 0.2) is 18.3 Å². The Morgan fingerprint density at radius 2 is 2.50 bits per heavy atom. The van der Waals surface area contributed by atoms with Gasteiger partial charge in [-0.2, -0.15) is 0 Å². The van der Waals surface area contributed by atoms with Gasteiger partial charge in [0.15, 0.2) is 5.13 Å². The summed E-state index contributed by atoms with van der Waals surface area (Å²) in [5, 5.41) is 3.89. The number of carbonyl (C=O) groups is 1. The first-order valence-electron chi connectivity index (χ1n) is 7.51. The summed E-state index contributed by atoms with van der Waals surface area (Å²) in [4.78, 5) is 24.3. The smallest absolute Gasteiger partial charge is 0.224 e. The molecule has 3 rings (SSSR count). The lowest BCUT2D eigenvalue weighted by molar-refractivity contribution is -0.125. The SMILES string of the molecule is COCCNC(=O)[C@@H]1CCCN(c2nc3cccnc3s2)C1. The average Bonchev–Trinajstić information content (AvgIpc) is 2.99. The van der Waals surface area contributed by atoms with Crippen LogP contribution >= 0.6 is 11.3 Å². The molecule has 1 N–H and O–H groups in total. The zero-order valence-electron chi connectivity index (χ0n) is 12.6. The lowest BCUT2D eigenvalue weighted by Gasteiger charge is -2.31. The van der Waals surface area contributed by atoms with Gasteiger partial charge in [0, 0.05) is 32.9 Å². The monoisotopic (exact) mass is 320 g/mol. The predicted octanol–water partition coefficient (Wildman–Crippen LogP) is 1.67. The average molecular weight is 320 g/mol. The summed E-state index contributed by atoms with van der Waals surface area (Å²) in [5.41, 5.74) is 0.925. The van der Waals surface area contributed by atoms with Crippen LogP contribution in [0.5, 0.6) is 0 Å². The molecule has 0 spiro atoms. The van der Waals surface area contributed by atoms with Crippen LogP contribution in [0.1, 0.15) is 12.8 Å². The minimum atomic E-state index is 0.0191. The number of thiazole rings is 1. The van der Waals surface area contributed by atoms with E-state index >= 15 is 0 Å². The number of piperidine rings is 1. The molecule has 0 aromatic carbocycles. The highest BCUT2D eigenvalue weighted by molar-refractivity contribution is 7.21. The fourth-order valence-electron chi connectivity index (χ4n) is 2.68. The topological polar surface area (TPSA) is 67.3 Å². The van der Waals surface area contributed by atoms with Crippen LogP contribution in [0, 0.1) is 5.92 Å². The Labute approximate surface area is 133 Å². The van der Waals surface area contributed by atoms with Crippen LogP contribution in [0.4, 0.5) is 5.13 Å². The highest BCUT2D eigenvalue weighted by Crippen LogP contribution is 2.30. The number of ether oxygens (including phenoxy) is 1. The van der Waals surface area contributed by atoms with Crippen LogP contribution in [-0.2, 0) is 9.53 Å². The van der Waals surface area contributed by atoms with Gasteiger partial charge in [0.05, 0.1) is 12.5 Å². The van der Waals surface area contributed by atoms with Gasteiger partial charge in [-0.05, 0) is 25.0 Å². The number of anilines is 1. The molecule has 1 aliphatic rings. The van der Waals surface area contributed by atoms with Crippen LogP contribution in [0.2, 0.25) is 0 Å². The molecule has 7 heteroatoms. The normalized spacial score (nSPS) is 18.6. The molecule has 22 heavy (non-hydrogen) atoms. The molecule has 1 amide bonds. The van der Waals surface area contributed by atoms with Gasteiger partial charge in [-0.1, -0.05) is 11.3 Å². The minimum absolute atomic E-state index is 0.0191. The Kier molecular flexibility index (Phi) is 4.84. The standard InChI is InChI=1S/C15H20N4O2S/c1-21-9-7-16-13(20)11-4-3-8-19(10-11)15-18-12-5-2-6-17-14(12)22-15/h2,5-6,11H,3-4,7-10H2,1H3,(H,16,20)/t11-/m1/s1. The lowest BCUT2D eigenvalue weighted by atomic mass is 9.97. The van der Waals surface area contributed by atoms with Crippen LogP contribution in [-0.4, -0.2) is 49.2 Å². The Hall–Kier alpha value is -1.73. The van der Waals surface area contributed by atoms with E-state index in [1.54, 1.807) is 24.6 Å². The molecule has 0 aliphatic carbocycles. The molecule has 0 radical (unpaired) electrons. The first kappa shape index (κ1) is 15.2. The molecule has 0 saturated carbocycles. The van der Waals surface area contributed by atoms with Crippen molar-refractivity contribution in [3.05, 3.63) is 18.3 Å². The molecule has 6 nitrogen and oxygen atoms in total. The summed E-state index contributed by atoms with van der Waals surface area (Å²) >= 11 is 1.59. The van der Waals surface area contributed by atoms with Gasteiger partial charge < -0.3 is 15.0 Å². The van der Waals surface area contributed by atoms with Gasteiger partial charge in [-0.3, -0.25) is 4.79 Å². The number of fused-ring (bicyclic) bond motifs is 1. The van der Waals surface area contributed by atoms with Crippen molar-refractivity contribution in [2.45, 2.75) is 12.8 Å². The summed E-state index contributed by atoms with van der Waals surface area (Å²) in [6.45, 7) is 2.78. The first-order valence-corrected chi connectivity index (χ1v) is 8.32. The maximum Gasteiger partial charge on any atom is 0.224 e. The van der Waals surface area contributed by atoms with Gasteiger partial charge in [0.25, 0.3) is 0 Å². The number of hydrogen-bond acceptors (Lipinski definition) is 6. The van der Waals surface area contributed by atoms with E-state index in [-0.39, 0.29) is 11.8 Å². The zero-order valence-corrected chi connectivity index (χ0v) is 13.4. The second-order valence-electron chi connectivity index (χ2n) is 5.39. The molecule has 1 atom stereocenters. The van der Waals surface area contributed by atoms with Crippen molar-refractivity contribution in [2.24, 2.45) is 5.92 Å². The largest absolute Gasteiger partial charge is 0.383 e. The van der Waals surface area contributed by atoms with E-state index in [1.807, 2.05) is 12.1 Å². The first-order chi connectivity index (χ1) is 10.8. The number of aromatic nitrogens is 2. The molecule has 0 unspecified atom stereocenters. The maximum atomic E-state index is 12.2. The minimum Gasteiger partial charge on any atom is -0.383 e. The van der Waals surface area contributed by atoms with Crippen molar-refractivity contribution in [2.75, 3.05) is 38.3 Å². The number of rotatable bonds is 5. The molecule has 0 bridgehead atoms. The van der Waals surface area contributed by atoms with Crippen molar-refractivity contribution >= 4 is 32.7 Å². The number of pyridine rings is 1. The molecule has 118 valence electrons. The Bertz CT molecular complexity index is 612. The van der Waals surface area contributed by atoms with Crippen LogP contribution < -0.4 is 10.2 Å². The summed E-state index contributed by atoms with van der Waals surface area (Å²) in [5.74, 6) is 0.131. The number of amides is 1. The van der Waals surface area contributed by atoms with E-state index in [4.69, 9.17) is 4.74 Å². The quantitative estimate of drug-likeness (QED) is 0.849. The molecule has 1 saturated heterocycles. The van der Waals surface area contributed by atoms with Crippen molar-refractivity contribution in [3.63, 3.8) is 0 Å². The molecular weight excluding hydrogens is 300 g/mol. The second kappa shape index (κ2) is 7.02. The number of methoxy groups -OCH3 is 1. The van der Waals surface area contributed by atoms with E-state index in [2.05, 4.69) is 20.2 Å². The third kappa shape index (κ3) is 3.36. The second-order valence-corrected chi connectivity index (χ2v) is 6.35. The van der Waals surface area contributed by atoms with Gasteiger partial charge >= 0.3 is 0 Å². The van der Waals surface area contributed by atoms with Gasteiger partial charge in [-0.25, -0.2) is 9.97 Å². The summed E-state index contributed by atoms with van der Waals surface area (Å²) in [6.07, 6.45) is 3.72. The van der Waals surface area contributed by atoms with Gasteiger partial charge in [-0.15, -0.1) is 0 Å². The van der Waals surface area contributed by atoms with E-state index in [9.17, 15) is 4.79 Å². The molecule has 3 heterocycles. The highest BCUT2D eigenvalue weighted by atomic mass is 32.1. The van der Waals surface area contributed by atoms with E-state index in [1.165, 1.54) is 0 Å². The van der Waals surface area contributed by atoms with Crippen molar-refractivity contribution in [3.8, 4) is 0 Å². The van der Waals surface area contributed by atoms with E-state index in [0.717, 1.165) is 41.4 Å². The Morgan fingerprint density at radius 1 is 1.59 bits per heavy atom. The van der Waals surface area contributed by atoms with Gasteiger partial charge in [0.1, 0.15) is 10.3 Å². The Balaban J connectivity index is 1.66. The summed E-state index contributed by atoms with van der Waals surface area (Å²) in [7, 11) is 1.63. The fraction of sp³-hybridized carbons (Fsp3) is 0.533. The van der Waals surface area contributed by atoms with Crippen LogP contribution in [0.3, 0.4) is 0 Å². The van der Waals surface area contributed by atoms with Gasteiger partial charge in [0.2, 0.25) is 5.91 Å². The summed E-state index contributed by atoms with van der Waals surface area (Å²) < 4.78 is 4.96. The number of hydrogen-bond donors (Lipinski definition) is 1. The van der Waals surface area contributed by atoms with Crippen LogP contribution in [0.25, 0.3) is 10.3 Å². The zero-order chi connectivity index (χ0) is 15.4. The molecule has 1 aliphatic heterocycles. The predicted molar refractivity (Wildman–Crippen MR) is 87.2 cm³/mol. The fourth-order valence-corrected chi connectivity index (χ4v) is 3.62.